The zero-order chi connectivity index (χ0) is 22.3. The van der Waals surface area contributed by atoms with Crippen molar-refractivity contribution >= 4 is 6.21 Å². The number of benzene rings is 1. The highest BCUT2D eigenvalue weighted by molar-refractivity contribution is 5.80. The third-order valence-corrected chi connectivity index (χ3v) is 4.49. The van der Waals surface area contributed by atoms with Gasteiger partial charge < -0.3 is 4.74 Å². The molecule has 0 aliphatic heterocycles. The summed E-state index contributed by atoms with van der Waals surface area (Å²) in [6.07, 6.45) is 4.34. The zero-order valence-corrected chi connectivity index (χ0v) is 17.2. The molecule has 0 aliphatic rings. The summed E-state index contributed by atoms with van der Waals surface area (Å²) < 4.78 is 46.0. The van der Waals surface area contributed by atoms with E-state index >= 15 is 0 Å². The van der Waals surface area contributed by atoms with E-state index in [-0.39, 0.29) is 0 Å². The van der Waals surface area contributed by atoms with Crippen LogP contribution in [0.3, 0.4) is 0 Å². The molecule has 2 aromatic heterocycles. The Bertz CT molecular complexity index is 1060. The number of aliphatic imine (C=N–C) groups is 1. The van der Waals surface area contributed by atoms with Crippen molar-refractivity contribution in [1.29, 1.82) is 0 Å². The Hall–Kier alpha value is -3.48. The van der Waals surface area contributed by atoms with Crippen molar-refractivity contribution in [2.24, 2.45) is 4.99 Å². The highest BCUT2D eigenvalue weighted by Gasteiger charge is 2.31. The molecule has 4 nitrogen and oxygen atoms in total. The van der Waals surface area contributed by atoms with E-state index in [0.717, 1.165) is 29.7 Å². The van der Waals surface area contributed by atoms with Crippen molar-refractivity contribution in [2.75, 3.05) is 7.05 Å². The first kappa shape index (κ1) is 22.2. The van der Waals surface area contributed by atoms with Gasteiger partial charge in [0.15, 0.2) is 6.10 Å². The number of pyridine rings is 2. The van der Waals surface area contributed by atoms with Crippen molar-refractivity contribution in [3.63, 3.8) is 0 Å². The molecule has 0 amide bonds. The fourth-order valence-corrected chi connectivity index (χ4v) is 3.14. The Balaban J connectivity index is 2.07. The van der Waals surface area contributed by atoms with Crippen LogP contribution in [-0.4, -0.2) is 23.2 Å². The molecule has 3 rings (SSSR count). The van der Waals surface area contributed by atoms with Gasteiger partial charge in [-0.15, -0.1) is 0 Å². The number of hydrogen-bond donors (Lipinski definition) is 0. The first-order chi connectivity index (χ1) is 14.9. The van der Waals surface area contributed by atoms with Crippen molar-refractivity contribution in [2.45, 2.75) is 25.6 Å². The van der Waals surface area contributed by atoms with E-state index in [0.29, 0.717) is 17.0 Å². The maximum Gasteiger partial charge on any atom is 0.416 e. The van der Waals surface area contributed by atoms with Crippen LogP contribution in [-0.2, 0) is 6.18 Å². The number of allylic oxidation sites excluding steroid dienone is 1. The molecular weight excluding hydrogens is 403 g/mol. The highest BCUT2D eigenvalue weighted by Crippen LogP contribution is 2.36. The number of halogens is 3. The summed E-state index contributed by atoms with van der Waals surface area (Å²) in [5.74, 6) is 0.363. The first-order valence-corrected chi connectivity index (χ1v) is 9.75. The second-order valence-corrected chi connectivity index (χ2v) is 6.71. The van der Waals surface area contributed by atoms with Crippen LogP contribution in [0, 0.1) is 0 Å². The first-order valence-electron chi connectivity index (χ1n) is 9.75. The zero-order valence-electron chi connectivity index (χ0n) is 17.2. The number of alkyl halides is 3. The Morgan fingerprint density at radius 3 is 2.61 bits per heavy atom. The van der Waals surface area contributed by atoms with Gasteiger partial charge in [-0.05, 0) is 36.8 Å². The molecular formula is C24H22F3N3O. The van der Waals surface area contributed by atoms with Gasteiger partial charge >= 0.3 is 6.18 Å². The number of rotatable bonds is 7. The summed E-state index contributed by atoms with van der Waals surface area (Å²) in [6, 6.07) is 12.1. The van der Waals surface area contributed by atoms with Crippen LogP contribution in [0.25, 0.3) is 11.3 Å². The summed E-state index contributed by atoms with van der Waals surface area (Å²) in [6.45, 7) is 2.00. The Labute approximate surface area is 179 Å². The number of nitrogens with zero attached hydrogens (tertiary/aromatic N) is 3. The van der Waals surface area contributed by atoms with Crippen LogP contribution in [0.2, 0.25) is 0 Å². The Morgan fingerprint density at radius 2 is 1.94 bits per heavy atom. The molecule has 1 aromatic carbocycles. The summed E-state index contributed by atoms with van der Waals surface area (Å²) >= 11 is 0. The molecule has 7 heteroatoms. The Kier molecular flexibility index (Phi) is 7.18. The second-order valence-electron chi connectivity index (χ2n) is 6.71. The number of aromatic nitrogens is 2. The molecule has 0 fully saturated rings. The third-order valence-electron chi connectivity index (χ3n) is 4.49. The predicted octanol–water partition coefficient (Wildman–Crippen LogP) is 6.32. The summed E-state index contributed by atoms with van der Waals surface area (Å²) in [4.78, 5) is 12.6. The van der Waals surface area contributed by atoms with Gasteiger partial charge in [0.05, 0.1) is 5.56 Å². The molecule has 0 aliphatic carbocycles. The van der Waals surface area contributed by atoms with E-state index in [4.69, 9.17) is 4.74 Å². The van der Waals surface area contributed by atoms with Crippen molar-refractivity contribution in [1.82, 2.24) is 9.97 Å². The van der Waals surface area contributed by atoms with Gasteiger partial charge in [0.25, 0.3) is 0 Å². The minimum absolute atomic E-state index is 0.320. The minimum atomic E-state index is -4.45. The largest absolute Gasteiger partial charge is 0.479 e. The van der Waals surface area contributed by atoms with E-state index in [2.05, 4.69) is 15.0 Å². The Morgan fingerprint density at radius 1 is 1.13 bits per heavy atom. The number of ether oxygens (including phenoxy) is 1. The van der Waals surface area contributed by atoms with Gasteiger partial charge in [-0.1, -0.05) is 31.2 Å². The fraction of sp³-hybridized carbons (Fsp3) is 0.208. The average Bonchev–Trinajstić information content (AvgIpc) is 2.78. The monoisotopic (exact) mass is 425 g/mol. The van der Waals surface area contributed by atoms with Gasteiger partial charge in [0, 0.05) is 48.6 Å². The molecule has 0 radical (unpaired) electrons. The van der Waals surface area contributed by atoms with Gasteiger partial charge in [-0.25, -0.2) is 0 Å². The smallest absolute Gasteiger partial charge is 0.416 e. The quantitative estimate of drug-likeness (QED) is 0.416. The lowest BCUT2D eigenvalue weighted by atomic mass is 10.0. The van der Waals surface area contributed by atoms with Crippen molar-refractivity contribution < 1.29 is 17.9 Å². The van der Waals surface area contributed by atoms with Crippen molar-refractivity contribution in [3.8, 4) is 17.0 Å². The van der Waals surface area contributed by atoms with Gasteiger partial charge in [0.1, 0.15) is 11.4 Å². The molecule has 0 N–H and O–H groups in total. The minimum Gasteiger partial charge on any atom is -0.479 e. The normalized spacial score (nSPS) is 13.4. The van der Waals surface area contributed by atoms with Crippen LogP contribution in [0.4, 0.5) is 13.2 Å². The SMILES string of the molecule is CC/C=C(\C=NC)C(Oc1cccnc1-c1cccc(C(F)(F)F)c1)c1cccnc1. The van der Waals surface area contributed by atoms with Crippen LogP contribution in [0.1, 0.15) is 30.6 Å². The summed E-state index contributed by atoms with van der Waals surface area (Å²) in [5, 5.41) is 0. The lowest BCUT2D eigenvalue weighted by Gasteiger charge is -2.22. The van der Waals surface area contributed by atoms with Crippen molar-refractivity contribution in [3.05, 3.63) is 89.9 Å². The summed E-state index contributed by atoms with van der Waals surface area (Å²) in [5.41, 5.74) is 1.51. The van der Waals surface area contributed by atoms with Crippen LogP contribution < -0.4 is 4.74 Å². The van der Waals surface area contributed by atoms with E-state index in [1.165, 1.54) is 12.3 Å². The molecule has 3 aromatic rings. The molecule has 1 atom stereocenters. The molecule has 2 heterocycles. The third kappa shape index (κ3) is 5.57. The van der Waals surface area contributed by atoms with Crippen LogP contribution in [0.15, 0.2) is 83.8 Å². The standard InChI is InChI=1S/C24H22F3N3O/c1-3-7-18(15-28-2)23(19-9-5-12-29-16-19)31-21-11-6-13-30-22(21)17-8-4-10-20(14-17)24(25,26)27/h4-16,23H,3H2,1-2H3/b18-7+,28-15?. The lowest BCUT2D eigenvalue weighted by Crippen LogP contribution is -2.13. The summed E-state index contributed by atoms with van der Waals surface area (Å²) in [7, 11) is 1.67. The van der Waals surface area contributed by atoms with Crippen LogP contribution in [0.5, 0.6) is 5.75 Å². The maximum absolute atomic E-state index is 13.2. The van der Waals surface area contributed by atoms with E-state index in [1.54, 1.807) is 49.9 Å². The highest BCUT2D eigenvalue weighted by atomic mass is 19.4. The molecule has 0 bridgehead atoms. The average molecular weight is 425 g/mol. The molecule has 31 heavy (non-hydrogen) atoms. The molecule has 0 spiro atoms. The van der Waals surface area contributed by atoms with Crippen LogP contribution >= 0.6 is 0 Å². The van der Waals surface area contributed by atoms with E-state index in [1.807, 2.05) is 19.1 Å². The fourth-order valence-electron chi connectivity index (χ4n) is 3.14. The topological polar surface area (TPSA) is 47.4 Å². The molecule has 0 saturated carbocycles. The molecule has 1 unspecified atom stereocenters. The predicted molar refractivity (Wildman–Crippen MR) is 115 cm³/mol. The van der Waals surface area contributed by atoms with Gasteiger partial charge in [0.2, 0.25) is 0 Å². The molecule has 160 valence electrons. The van der Waals surface area contributed by atoms with E-state index < -0.39 is 17.8 Å². The lowest BCUT2D eigenvalue weighted by molar-refractivity contribution is -0.137. The maximum atomic E-state index is 13.2. The van der Waals surface area contributed by atoms with Gasteiger partial charge in [-0.3, -0.25) is 15.0 Å². The molecule has 0 saturated heterocycles. The number of hydrogen-bond acceptors (Lipinski definition) is 4. The second kappa shape index (κ2) is 10.0. The van der Waals surface area contributed by atoms with Gasteiger partial charge in [-0.2, -0.15) is 13.2 Å². The van der Waals surface area contributed by atoms with E-state index in [9.17, 15) is 13.2 Å².